The molecule has 192 valence electrons. The molecule has 1 aliphatic rings. The maximum atomic E-state index is 12.6. The van der Waals surface area contributed by atoms with Crippen molar-refractivity contribution in [2.75, 3.05) is 30.5 Å². The Bertz CT molecular complexity index is 1320. The van der Waals surface area contributed by atoms with Crippen molar-refractivity contribution in [3.63, 3.8) is 0 Å². The Morgan fingerprint density at radius 1 is 1.00 bits per heavy atom. The second-order valence-corrected chi connectivity index (χ2v) is 9.51. The third-order valence-electron chi connectivity index (χ3n) is 6.24. The van der Waals surface area contributed by atoms with Crippen LogP contribution in [0.4, 0.5) is 11.4 Å². The van der Waals surface area contributed by atoms with E-state index in [1.165, 1.54) is 4.90 Å². The van der Waals surface area contributed by atoms with Gasteiger partial charge in [0.05, 0.1) is 13.0 Å². The van der Waals surface area contributed by atoms with E-state index in [0.29, 0.717) is 28.6 Å². The van der Waals surface area contributed by atoms with Crippen LogP contribution in [0.5, 0.6) is 17.2 Å². The van der Waals surface area contributed by atoms with Crippen molar-refractivity contribution in [3.8, 4) is 17.2 Å². The number of nitrogens with zero attached hydrogens (tertiary/aromatic N) is 1. The fourth-order valence-corrected chi connectivity index (χ4v) is 4.43. The fraction of sp³-hybridized carbons (Fsp3) is 0.250. The van der Waals surface area contributed by atoms with Gasteiger partial charge in [-0.3, -0.25) is 14.4 Å². The minimum Gasteiger partial charge on any atom is -0.493 e. The molecule has 0 aliphatic carbocycles. The van der Waals surface area contributed by atoms with Crippen molar-refractivity contribution in [3.05, 3.63) is 76.3 Å². The van der Waals surface area contributed by atoms with Crippen LogP contribution in [0.2, 0.25) is 0 Å². The molecule has 3 aromatic carbocycles. The van der Waals surface area contributed by atoms with Crippen molar-refractivity contribution < 1.29 is 28.6 Å². The molecule has 0 saturated carbocycles. The number of carbonyl (C=O) groups excluding carboxylic acids is 3. The van der Waals surface area contributed by atoms with Crippen LogP contribution >= 0.6 is 15.9 Å². The van der Waals surface area contributed by atoms with E-state index < -0.39 is 24.4 Å². The first kappa shape index (κ1) is 26.2. The molecule has 1 saturated heterocycles. The molecule has 0 aromatic heterocycles. The van der Waals surface area contributed by atoms with Crippen LogP contribution in [0, 0.1) is 19.8 Å². The Morgan fingerprint density at radius 2 is 1.70 bits per heavy atom. The van der Waals surface area contributed by atoms with Gasteiger partial charge in [0.2, 0.25) is 5.91 Å². The van der Waals surface area contributed by atoms with E-state index in [9.17, 15) is 14.4 Å². The van der Waals surface area contributed by atoms with Gasteiger partial charge in [0.25, 0.3) is 5.91 Å². The Morgan fingerprint density at radius 3 is 2.41 bits per heavy atom. The average Bonchev–Trinajstić information content (AvgIpc) is 3.30. The molecule has 1 atom stereocenters. The molecule has 1 N–H and O–H groups in total. The zero-order chi connectivity index (χ0) is 26.5. The first-order chi connectivity index (χ1) is 17.8. The molecule has 9 heteroatoms. The summed E-state index contributed by atoms with van der Waals surface area (Å²) in [5.41, 5.74) is 3.23. The Labute approximate surface area is 223 Å². The summed E-state index contributed by atoms with van der Waals surface area (Å²) in [6.07, 6.45) is 0.0188. The number of ether oxygens (including phenoxy) is 3. The predicted molar refractivity (Wildman–Crippen MR) is 143 cm³/mol. The maximum Gasteiger partial charge on any atom is 0.311 e. The molecule has 0 spiro atoms. The lowest BCUT2D eigenvalue weighted by molar-refractivity contribution is -0.151. The summed E-state index contributed by atoms with van der Waals surface area (Å²) in [6, 6.07) is 17.9. The molecular weight excluding hydrogens is 540 g/mol. The first-order valence-corrected chi connectivity index (χ1v) is 12.5. The number of hydrogen-bond donors (Lipinski definition) is 1. The number of nitrogens with one attached hydrogen (secondary N) is 1. The minimum atomic E-state index is -0.651. The molecule has 0 radical (unpaired) electrons. The van der Waals surface area contributed by atoms with Gasteiger partial charge in [-0.1, -0.05) is 28.1 Å². The molecule has 1 heterocycles. The highest BCUT2D eigenvalue weighted by Gasteiger charge is 2.36. The minimum absolute atomic E-state index is 0.0188. The van der Waals surface area contributed by atoms with Crippen LogP contribution in [0.3, 0.4) is 0 Å². The Hall–Kier alpha value is -3.85. The fourth-order valence-electron chi connectivity index (χ4n) is 4.00. The van der Waals surface area contributed by atoms with E-state index in [1.54, 1.807) is 49.6 Å². The standard InChI is InChI=1S/C28H27BrN2O6/c1-17-18(2)23(13-12-22(17)29)30-26(32)16-36-28(34)19-14-27(33)31(15-19)20-8-10-21(11-9-20)37-25-7-5-4-6-24(25)35-3/h4-13,19H,14-16H2,1-3H3,(H,30,32)/t19-/m0/s1. The summed E-state index contributed by atoms with van der Waals surface area (Å²) in [5, 5.41) is 2.76. The number of carbonyl (C=O) groups is 3. The van der Waals surface area contributed by atoms with E-state index in [1.807, 2.05) is 32.0 Å². The number of rotatable bonds is 8. The maximum absolute atomic E-state index is 12.6. The Kier molecular flexibility index (Phi) is 8.13. The van der Waals surface area contributed by atoms with E-state index in [2.05, 4.69) is 21.2 Å². The average molecular weight is 567 g/mol. The van der Waals surface area contributed by atoms with Gasteiger partial charge in [-0.25, -0.2) is 0 Å². The van der Waals surface area contributed by atoms with Gasteiger partial charge in [0.1, 0.15) is 5.75 Å². The largest absolute Gasteiger partial charge is 0.493 e. The van der Waals surface area contributed by atoms with Gasteiger partial charge in [-0.15, -0.1) is 0 Å². The lowest BCUT2D eigenvalue weighted by Crippen LogP contribution is -2.28. The number of anilines is 2. The zero-order valence-corrected chi connectivity index (χ0v) is 22.3. The zero-order valence-electron chi connectivity index (χ0n) is 20.7. The van der Waals surface area contributed by atoms with E-state index >= 15 is 0 Å². The molecule has 37 heavy (non-hydrogen) atoms. The number of amides is 2. The molecule has 1 aliphatic heterocycles. The van der Waals surface area contributed by atoms with E-state index in [0.717, 1.165) is 15.6 Å². The van der Waals surface area contributed by atoms with Gasteiger partial charge in [-0.05, 0) is 73.5 Å². The van der Waals surface area contributed by atoms with Crippen LogP contribution in [0.25, 0.3) is 0 Å². The monoisotopic (exact) mass is 566 g/mol. The molecule has 3 aromatic rings. The summed E-state index contributed by atoms with van der Waals surface area (Å²) < 4.78 is 17.3. The van der Waals surface area contributed by atoms with Crippen LogP contribution in [-0.2, 0) is 19.1 Å². The highest BCUT2D eigenvalue weighted by atomic mass is 79.9. The van der Waals surface area contributed by atoms with E-state index in [-0.39, 0.29) is 18.9 Å². The number of methoxy groups -OCH3 is 1. The van der Waals surface area contributed by atoms with Crippen molar-refractivity contribution in [2.45, 2.75) is 20.3 Å². The lowest BCUT2D eigenvalue weighted by Gasteiger charge is -2.17. The summed E-state index contributed by atoms with van der Waals surface area (Å²) >= 11 is 3.46. The Balaban J connectivity index is 1.31. The van der Waals surface area contributed by atoms with Crippen molar-refractivity contribution in [1.29, 1.82) is 0 Å². The van der Waals surface area contributed by atoms with Gasteiger partial charge >= 0.3 is 5.97 Å². The van der Waals surface area contributed by atoms with Crippen LogP contribution in [-0.4, -0.2) is 38.0 Å². The topological polar surface area (TPSA) is 94.2 Å². The molecule has 1 fully saturated rings. The normalized spacial score (nSPS) is 14.9. The number of esters is 1. The molecule has 0 bridgehead atoms. The summed E-state index contributed by atoms with van der Waals surface area (Å²) in [5.74, 6) is -0.0909. The van der Waals surface area contributed by atoms with Crippen molar-refractivity contribution >= 4 is 45.1 Å². The molecule has 4 rings (SSSR count). The molecular formula is C28H27BrN2O6. The smallest absolute Gasteiger partial charge is 0.311 e. The number of halogens is 1. The van der Waals surface area contributed by atoms with Crippen LogP contribution < -0.4 is 19.7 Å². The second-order valence-electron chi connectivity index (χ2n) is 8.65. The number of hydrogen-bond acceptors (Lipinski definition) is 6. The number of benzene rings is 3. The third-order valence-corrected chi connectivity index (χ3v) is 7.10. The summed E-state index contributed by atoms with van der Waals surface area (Å²) in [4.78, 5) is 39.1. The predicted octanol–water partition coefficient (Wildman–Crippen LogP) is 5.40. The SMILES string of the molecule is COc1ccccc1Oc1ccc(N2C[C@@H](C(=O)OCC(=O)Nc3ccc(Br)c(C)c3C)CC2=O)cc1. The van der Waals surface area contributed by atoms with Crippen molar-refractivity contribution in [2.24, 2.45) is 5.92 Å². The second kappa shape index (κ2) is 11.5. The van der Waals surface area contributed by atoms with Crippen LogP contribution in [0.15, 0.2) is 65.1 Å². The molecule has 0 unspecified atom stereocenters. The lowest BCUT2D eigenvalue weighted by atomic mass is 10.1. The quantitative estimate of drug-likeness (QED) is 0.367. The van der Waals surface area contributed by atoms with Gasteiger partial charge in [-0.2, -0.15) is 0 Å². The van der Waals surface area contributed by atoms with E-state index in [4.69, 9.17) is 14.2 Å². The third kappa shape index (κ3) is 6.11. The highest BCUT2D eigenvalue weighted by Crippen LogP contribution is 2.33. The molecule has 8 nitrogen and oxygen atoms in total. The highest BCUT2D eigenvalue weighted by molar-refractivity contribution is 9.10. The van der Waals surface area contributed by atoms with Gasteiger partial charge in [0, 0.05) is 28.8 Å². The summed E-state index contributed by atoms with van der Waals surface area (Å²) in [6.45, 7) is 3.60. The van der Waals surface area contributed by atoms with Crippen molar-refractivity contribution in [1.82, 2.24) is 0 Å². The van der Waals surface area contributed by atoms with Gasteiger partial charge < -0.3 is 24.4 Å². The van der Waals surface area contributed by atoms with Gasteiger partial charge in [0.15, 0.2) is 18.1 Å². The van der Waals surface area contributed by atoms with Crippen LogP contribution in [0.1, 0.15) is 17.5 Å². The molecule has 2 amide bonds. The summed E-state index contributed by atoms with van der Waals surface area (Å²) in [7, 11) is 1.57. The number of para-hydroxylation sites is 2. The first-order valence-electron chi connectivity index (χ1n) is 11.7.